The second-order valence-electron chi connectivity index (χ2n) is 8.68. The van der Waals surface area contributed by atoms with Gasteiger partial charge in [0.1, 0.15) is 0 Å². The molecule has 1 unspecified atom stereocenters. The molecule has 5 heterocycles. The standard InChI is InChI=1S/C21H24FN7/c1-12-7-17(26-28-10-13(2)24-19(12)28)15-8-16(22)20-25-18(27-29(20)11-15)14-5-6-21(3,4)23-9-14/h7-8,10-11,14,23H,5-6,9H2,1-4H3. The van der Waals surface area contributed by atoms with Crippen LogP contribution in [0.1, 0.15) is 49.7 Å². The maximum Gasteiger partial charge on any atom is 0.191 e. The Bertz CT molecular complexity index is 1230. The van der Waals surface area contributed by atoms with Crippen molar-refractivity contribution in [1.29, 1.82) is 0 Å². The molecule has 4 aromatic heterocycles. The van der Waals surface area contributed by atoms with Gasteiger partial charge in [-0.15, -0.1) is 0 Å². The number of piperidine rings is 1. The highest BCUT2D eigenvalue weighted by molar-refractivity contribution is 5.64. The van der Waals surface area contributed by atoms with Gasteiger partial charge in [-0.2, -0.15) is 10.2 Å². The summed E-state index contributed by atoms with van der Waals surface area (Å²) in [6.45, 7) is 9.10. The minimum absolute atomic E-state index is 0.127. The summed E-state index contributed by atoms with van der Waals surface area (Å²) in [5.74, 6) is 0.483. The van der Waals surface area contributed by atoms with Gasteiger partial charge in [0.15, 0.2) is 22.9 Å². The molecule has 0 spiro atoms. The van der Waals surface area contributed by atoms with E-state index in [0.29, 0.717) is 17.1 Å². The van der Waals surface area contributed by atoms with Gasteiger partial charge in [-0.05, 0) is 58.2 Å². The third-order valence-corrected chi connectivity index (χ3v) is 5.74. The molecule has 0 amide bonds. The van der Waals surface area contributed by atoms with Gasteiger partial charge >= 0.3 is 0 Å². The van der Waals surface area contributed by atoms with Crippen LogP contribution in [0.5, 0.6) is 0 Å². The highest BCUT2D eigenvalue weighted by atomic mass is 19.1. The number of hydrogen-bond acceptors (Lipinski definition) is 5. The summed E-state index contributed by atoms with van der Waals surface area (Å²) in [4.78, 5) is 8.96. The van der Waals surface area contributed by atoms with E-state index >= 15 is 0 Å². The monoisotopic (exact) mass is 393 g/mol. The SMILES string of the molecule is Cc1cn2nc(-c3cc(F)c4nc(C5CCC(C)(C)NC5)nn4c3)cc(C)c2n1. The predicted molar refractivity (Wildman–Crippen MR) is 108 cm³/mol. The van der Waals surface area contributed by atoms with Crippen LogP contribution in [0.4, 0.5) is 4.39 Å². The first-order valence-electron chi connectivity index (χ1n) is 9.94. The highest BCUT2D eigenvalue weighted by Crippen LogP contribution is 2.29. The molecule has 1 aliphatic rings. The van der Waals surface area contributed by atoms with E-state index in [1.54, 1.807) is 15.2 Å². The quantitative estimate of drug-likeness (QED) is 0.565. The number of rotatable bonds is 2. The van der Waals surface area contributed by atoms with Crippen LogP contribution in [0.25, 0.3) is 22.6 Å². The zero-order chi connectivity index (χ0) is 20.3. The summed E-state index contributed by atoms with van der Waals surface area (Å²) in [7, 11) is 0. The number of halogens is 1. The number of nitrogens with one attached hydrogen (secondary N) is 1. The summed E-state index contributed by atoms with van der Waals surface area (Å²) in [5, 5.41) is 12.7. The molecule has 8 heteroatoms. The van der Waals surface area contributed by atoms with Crippen molar-refractivity contribution in [3.8, 4) is 11.3 Å². The van der Waals surface area contributed by atoms with Crippen molar-refractivity contribution in [2.75, 3.05) is 6.54 Å². The molecule has 1 N–H and O–H groups in total. The van der Waals surface area contributed by atoms with Crippen molar-refractivity contribution >= 4 is 11.3 Å². The van der Waals surface area contributed by atoms with Crippen molar-refractivity contribution in [3.63, 3.8) is 0 Å². The minimum Gasteiger partial charge on any atom is -0.311 e. The van der Waals surface area contributed by atoms with Gasteiger partial charge in [-0.3, -0.25) is 0 Å². The summed E-state index contributed by atoms with van der Waals surface area (Å²) in [6.07, 6.45) is 5.69. The van der Waals surface area contributed by atoms with Crippen LogP contribution in [0.15, 0.2) is 24.5 Å². The van der Waals surface area contributed by atoms with Crippen LogP contribution in [0, 0.1) is 19.7 Å². The van der Waals surface area contributed by atoms with Gasteiger partial charge in [0, 0.05) is 29.8 Å². The van der Waals surface area contributed by atoms with Crippen molar-refractivity contribution in [1.82, 2.24) is 34.5 Å². The number of hydrogen-bond donors (Lipinski definition) is 1. The fraction of sp³-hybridized carbons (Fsp3) is 0.429. The zero-order valence-corrected chi connectivity index (χ0v) is 17.1. The lowest BCUT2D eigenvalue weighted by atomic mass is 9.87. The van der Waals surface area contributed by atoms with E-state index in [9.17, 15) is 4.39 Å². The molecule has 1 atom stereocenters. The van der Waals surface area contributed by atoms with E-state index in [1.165, 1.54) is 6.07 Å². The Morgan fingerprint density at radius 1 is 1.07 bits per heavy atom. The molecule has 0 aliphatic carbocycles. The smallest absolute Gasteiger partial charge is 0.191 e. The third kappa shape index (κ3) is 3.17. The molecular weight excluding hydrogens is 369 g/mol. The molecule has 0 radical (unpaired) electrons. The number of fused-ring (bicyclic) bond motifs is 2. The number of imidazole rings is 1. The Kier molecular flexibility index (Phi) is 3.96. The van der Waals surface area contributed by atoms with Crippen LogP contribution >= 0.6 is 0 Å². The lowest BCUT2D eigenvalue weighted by Gasteiger charge is -2.34. The van der Waals surface area contributed by atoms with Crippen molar-refractivity contribution in [2.45, 2.75) is 52.0 Å². The normalized spacial score (nSPS) is 19.3. The molecule has 29 heavy (non-hydrogen) atoms. The average molecular weight is 393 g/mol. The third-order valence-electron chi connectivity index (χ3n) is 5.74. The van der Waals surface area contributed by atoms with E-state index in [4.69, 9.17) is 0 Å². The molecule has 0 saturated carbocycles. The summed E-state index contributed by atoms with van der Waals surface area (Å²) >= 11 is 0. The lowest BCUT2D eigenvalue weighted by molar-refractivity contribution is 0.275. The Hall–Kier alpha value is -2.87. The van der Waals surface area contributed by atoms with Crippen LogP contribution < -0.4 is 5.32 Å². The van der Waals surface area contributed by atoms with E-state index in [2.05, 4.69) is 39.3 Å². The number of pyridine rings is 1. The van der Waals surface area contributed by atoms with Crippen LogP contribution in [0.2, 0.25) is 0 Å². The largest absolute Gasteiger partial charge is 0.311 e. The van der Waals surface area contributed by atoms with E-state index < -0.39 is 5.82 Å². The maximum atomic E-state index is 14.9. The van der Waals surface area contributed by atoms with Crippen molar-refractivity contribution in [3.05, 3.63) is 47.4 Å². The molecule has 1 saturated heterocycles. The van der Waals surface area contributed by atoms with E-state index in [0.717, 1.165) is 36.3 Å². The summed E-state index contributed by atoms with van der Waals surface area (Å²) in [5.41, 5.74) is 4.40. The van der Waals surface area contributed by atoms with Crippen LogP contribution in [-0.2, 0) is 0 Å². The van der Waals surface area contributed by atoms with E-state index in [1.807, 2.05) is 26.1 Å². The Morgan fingerprint density at radius 2 is 1.86 bits per heavy atom. The Balaban J connectivity index is 1.55. The molecule has 7 nitrogen and oxygen atoms in total. The fourth-order valence-corrected chi connectivity index (χ4v) is 4.01. The van der Waals surface area contributed by atoms with Crippen LogP contribution in [0.3, 0.4) is 0 Å². The van der Waals surface area contributed by atoms with E-state index in [-0.39, 0.29) is 17.1 Å². The lowest BCUT2D eigenvalue weighted by Crippen LogP contribution is -2.46. The molecular formula is C21H24FN7. The topological polar surface area (TPSA) is 72.4 Å². The highest BCUT2D eigenvalue weighted by Gasteiger charge is 2.29. The van der Waals surface area contributed by atoms with Gasteiger partial charge < -0.3 is 5.32 Å². The molecule has 0 aromatic carbocycles. The Morgan fingerprint density at radius 3 is 2.62 bits per heavy atom. The first-order valence-corrected chi connectivity index (χ1v) is 9.94. The van der Waals surface area contributed by atoms with Gasteiger partial charge in [-0.25, -0.2) is 23.4 Å². The number of nitrogens with zero attached hydrogens (tertiary/aromatic N) is 6. The maximum absolute atomic E-state index is 14.9. The second-order valence-corrected chi connectivity index (χ2v) is 8.68. The predicted octanol–water partition coefficient (Wildman–Crippen LogP) is 3.44. The first kappa shape index (κ1) is 18.2. The molecule has 1 fully saturated rings. The zero-order valence-electron chi connectivity index (χ0n) is 17.1. The van der Waals surface area contributed by atoms with Gasteiger partial charge in [-0.1, -0.05) is 0 Å². The Labute approximate surface area is 168 Å². The van der Waals surface area contributed by atoms with Crippen molar-refractivity contribution in [2.24, 2.45) is 0 Å². The minimum atomic E-state index is -0.397. The number of aryl methyl sites for hydroxylation is 2. The molecule has 0 bridgehead atoms. The molecule has 150 valence electrons. The summed E-state index contributed by atoms with van der Waals surface area (Å²) in [6, 6.07) is 3.40. The average Bonchev–Trinajstić information content (AvgIpc) is 3.25. The van der Waals surface area contributed by atoms with Crippen molar-refractivity contribution < 1.29 is 4.39 Å². The second kappa shape index (κ2) is 6.32. The van der Waals surface area contributed by atoms with Gasteiger partial charge in [0.05, 0.1) is 17.6 Å². The van der Waals surface area contributed by atoms with Gasteiger partial charge in [0.2, 0.25) is 0 Å². The van der Waals surface area contributed by atoms with Crippen LogP contribution in [-0.4, -0.2) is 41.3 Å². The van der Waals surface area contributed by atoms with Gasteiger partial charge in [0.25, 0.3) is 0 Å². The fourth-order valence-electron chi connectivity index (χ4n) is 4.01. The summed E-state index contributed by atoms with van der Waals surface area (Å²) < 4.78 is 18.2. The molecule has 1 aliphatic heterocycles. The number of aromatic nitrogens is 6. The first-order chi connectivity index (χ1) is 13.8. The molecule has 5 rings (SSSR count). The molecule has 4 aromatic rings.